The van der Waals surface area contributed by atoms with Crippen molar-refractivity contribution in [2.75, 3.05) is 13.7 Å². The molecule has 0 aliphatic rings. The predicted molar refractivity (Wildman–Crippen MR) is 62.4 cm³/mol. The number of rotatable bonds is 4. The fraction of sp³-hybridized carbons (Fsp3) is 0.273. The van der Waals surface area contributed by atoms with Gasteiger partial charge in [-0.1, -0.05) is 12.1 Å². The van der Waals surface area contributed by atoms with Crippen LogP contribution in [-0.2, 0) is 6.42 Å². The quantitative estimate of drug-likeness (QED) is 0.747. The number of aromatic amines is 1. The molecule has 6 nitrogen and oxygen atoms in total. The Bertz CT molecular complexity index is 536. The number of nitrogens with zero attached hydrogens (tertiary/aromatic N) is 1. The molecular formula is C11H13N3O3. The van der Waals surface area contributed by atoms with Crippen molar-refractivity contribution in [3.8, 4) is 5.75 Å². The zero-order chi connectivity index (χ0) is 12.3. The van der Waals surface area contributed by atoms with Gasteiger partial charge in [0.05, 0.1) is 7.11 Å². The van der Waals surface area contributed by atoms with E-state index in [-0.39, 0.29) is 0 Å². The number of hydrogen-bond donors (Lipinski definition) is 3. The van der Waals surface area contributed by atoms with Gasteiger partial charge in [0, 0.05) is 24.0 Å². The van der Waals surface area contributed by atoms with Crippen molar-refractivity contribution in [3.63, 3.8) is 0 Å². The van der Waals surface area contributed by atoms with Gasteiger partial charge in [0.15, 0.2) is 0 Å². The van der Waals surface area contributed by atoms with E-state index in [9.17, 15) is 4.79 Å². The molecule has 90 valence electrons. The van der Waals surface area contributed by atoms with E-state index in [0.29, 0.717) is 18.7 Å². The van der Waals surface area contributed by atoms with Crippen molar-refractivity contribution in [1.29, 1.82) is 0 Å². The molecule has 1 aromatic carbocycles. The van der Waals surface area contributed by atoms with Crippen LogP contribution in [0.5, 0.6) is 5.75 Å². The number of benzene rings is 1. The molecular weight excluding hydrogens is 222 g/mol. The number of hydrogen-bond acceptors (Lipinski definition) is 3. The molecule has 1 aromatic heterocycles. The SMILES string of the molecule is COc1cccc2c(CCNC(=O)O)[nH]nc12. The van der Waals surface area contributed by atoms with Crippen molar-refractivity contribution >= 4 is 17.0 Å². The Hall–Kier alpha value is -2.24. The highest BCUT2D eigenvalue weighted by atomic mass is 16.5. The summed E-state index contributed by atoms with van der Waals surface area (Å²) in [5, 5.41) is 18.8. The molecule has 3 N–H and O–H groups in total. The summed E-state index contributed by atoms with van der Waals surface area (Å²) in [6.45, 7) is 0.351. The monoisotopic (exact) mass is 235 g/mol. The second-order valence-electron chi connectivity index (χ2n) is 3.54. The second-order valence-corrected chi connectivity index (χ2v) is 3.54. The van der Waals surface area contributed by atoms with Crippen LogP contribution in [0.2, 0.25) is 0 Å². The van der Waals surface area contributed by atoms with E-state index in [2.05, 4.69) is 15.5 Å². The van der Waals surface area contributed by atoms with Crippen LogP contribution >= 0.6 is 0 Å². The zero-order valence-electron chi connectivity index (χ0n) is 9.36. The van der Waals surface area contributed by atoms with Crippen molar-refractivity contribution in [2.24, 2.45) is 0 Å². The number of aromatic nitrogens is 2. The van der Waals surface area contributed by atoms with E-state index in [1.807, 2.05) is 18.2 Å². The van der Waals surface area contributed by atoms with Gasteiger partial charge in [0.2, 0.25) is 0 Å². The first-order valence-corrected chi connectivity index (χ1v) is 5.19. The summed E-state index contributed by atoms with van der Waals surface area (Å²) in [7, 11) is 1.59. The predicted octanol–water partition coefficient (Wildman–Crippen LogP) is 1.38. The molecule has 0 radical (unpaired) electrons. The highest BCUT2D eigenvalue weighted by Crippen LogP contribution is 2.25. The van der Waals surface area contributed by atoms with Crippen LogP contribution in [0, 0.1) is 0 Å². The minimum Gasteiger partial charge on any atom is -0.494 e. The maximum absolute atomic E-state index is 10.3. The lowest BCUT2D eigenvalue weighted by molar-refractivity contribution is 0.194. The average molecular weight is 235 g/mol. The fourth-order valence-corrected chi connectivity index (χ4v) is 1.71. The molecule has 0 saturated carbocycles. The van der Waals surface area contributed by atoms with Crippen LogP contribution in [0.3, 0.4) is 0 Å². The fourth-order valence-electron chi connectivity index (χ4n) is 1.71. The van der Waals surface area contributed by atoms with Gasteiger partial charge in [0.25, 0.3) is 0 Å². The number of methoxy groups -OCH3 is 1. The summed E-state index contributed by atoms with van der Waals surface area (Å²) in [4.78, 5) is 10.3. The second kappa shape index (κ2) is 4.73. The highest BCUT2D eigenvalue weighted by Gasteiger charge is 2.09. The van der Waals surface area contributed by atoms with Gasteiger partial charge in [0.1, 0.15) is 11.3 Å². The molecule has 0 spiro atoms. The Kier molecular flexibility index (Phi) is 3.13. The van der Waals surface area contributed by atoms with E-state index < -0.39 is 6.09 Å². The Morgan fingerprint density at radius 1 is 1.59 bits per heavy atom. The Labute approximate surface area is 97.6 Å². The smallest absolute Gasteiger partial charge is 0.404 e. The number of nitrogens with one attached hydrogen (secondary N) is 2. The third kappa shape index (κ3) is 2.30. The lowest BCUT2D eigenvalue weighted by atomic mass is 10.1. The molecule has 17 heavy (non-hydrogen) atoms. The number of amides is 1. The van der Waals surface area contributed by atoms with E-state index >= 15 is 0 Å². The largest absolute Gasteiger partial charge is 0.494 e. The number of carbonyl (C=O) groups is 1. The molecule has 1 amide bonds. The summed E-state index contributed by atoms with van der Waals surface area (Å²) in [5.41, 5.74) is 1.66. The summed E-state index contributed by atoms with van der Waals surface area (Å²) >= 11 is 0. The van der Waals surface area contributed by atoms with E-state index in [4.69, 9.17) is 9.84 Å². The summed E-state index contributed by atoms with van der Waals surface area (Å²) in [5.74, 6) is 0.705. The highest BCUT2D eigenvalue weighted by molar-refractivity contribution is 5.86. The molecule has 1 heterocycles. The number of ether oxygens (including phenoxy) is 1. The van der Waals surface area contributed by atoms with Crippen LogP contribution in [0.4, 0.5) is 4.79 Å². The van der Waals surface area contributed by atoms with Crippen LogP contribution in [-0.4, -0.2) is 35.1 Å². The number of H-pyrrole nitrogens is 1. The lowest BCUT2D eigenvalue weighted by Crippen LogP contribution is -2.23. The van der Waals surface area contributed by atoms with Gasteiger partial charge in [-0.2, -0.15) is 5.10 Å². The minimum absolute atomic E-state index is 0.351. The van der Waals surface area contributed by atoms with Crippen LogP contribution in [0.1, 0.15) is 5.69 Å². The molecule has 0 fully saturated rings. The van der Waals surface area contributed by atoms with Crippen molar-refractivity contribution < 1.29 is 14.6 Å². The van der Waals surface area contributed by atoms with E-state index in [0.717, 1.165) is 16.6 Å². The molecule has 0 unspecified atom stereocenters. The summed E-state index contributed by atoms with van der Waals surface area (Å²) in [6, 6.07) is 5.64. The minimum atomic E-state index is -1.02. The maximum atomic E-state index is 10.3. The third-order valence-electron chi connectivity index (χ3n) is 2.50. The van der Waals surface area contributed by atoms with Gasteiger partial charge < -0.3 is 15.2 Å². The Morgan fingerprint density at radius 2 is 2.41 bits per heavy atom. The molecule has 2 aromatic rings. The first-order valence-electron chi connectivity index (χ1n) is 5.19. The average Bonchev–Trinajstić information content (AvgIpc) is 2.72. The first kappa shape index (κ1) is 11.3. The van der Waals surface area contributed by atoms with E-state index in [1.165, 1.54) is 0 Å². The summed E-state index contributed by atoms with van der Waals surface area (Å²) < 4.78 is 5.19. The van der Waals surface area contributed by atoms with Gasteiger partial charge in [-0.25, -0.2) is 4.79 Å². The molecule has 0 bridgehead atoms. The van der Waals surface area contributed by atoms with Gasteiger partial charge in [-0.05, 0) is 6.07 Å². The molecule has 0 aliphatic carbocycles. The normalized spacial score (nSPS) is 10.4. The first-order chi connectivity index (χ1) is 8.22. The van der Waals surface area contributed by atoms with Crippen LogP contribution in [0.15, 0.2) is 18.2 Å². The number of fused-ring (bicyclic) bond motifs is 1. The Morgan fingerprint density at radius 3 is 3.12 bits per heavy atom. The van der Waals surface area contributed by atoms with Crippen LogP contribution in [0.25, 0.3) is 10.9 Å². The van der Waals surface area contributed by atoms with Crippen molar-refractivity contribution in [2.45, 2.75) is 6.42 Å². The number of para-hydroxylation sites is 1. The summed E-state index contributed by atoms with van der Waals surface area (Å²) in [6.07, 6.45) is -0.456. The molecule has 0 aliphatic heterocycles. The number of carboxylic acid groups (broad SMARTS) is 1. The third-order valence-corrected chi connectivity index (χ3v) is 2.50. The van der Waals surface area contributed by atoms with E-state index in [1.54, 1.807) is 7.11 Å². The lowest BCUT2D eigenvalue weighted by Gasteiger charge is -2.01. The van der Waals surface area contributed by atoms with Gasteiger partial charge in [-0.3, -0.25) is 5.10 Å². The maximum Gasteiger partial charge on any atom is 0.404 e. The van der Waals surface area contributed by atoms with Crippen LogP contribution < -0.4 is 10.1 Å². The molecule has 2 rings (SSSR count). The molecule has 6 heteroatoms. The van der Waals surface area contributed by atoms with Crippen molar-refractivity contribution in [1.82, 2.24) is 15.5 Å². The Balaban J connectivity index is 2.21. The van der Waals surface area contributed by atoms with Crippen molar-refractivity contribution in [3.05, 3.63) is 23.9 Å². The van der Waals surface area contributed by atoms with Gasteiger partial charge >= 0.3 is 6.09 Å². The molecule has 0 saturated heterocycles. The van der Waals surface area contributed by atoms with Gasteiger partial charge in [-0.15, -0.1) is 0 Å². The molecule has 0 atom stereocenters. The zero-order valence-corrected chi connectivity index (χ0v) is 9.36. The standard InChI is InChI=1S/C11H13N3O3/c1-17-9-4-2-3-7-8(13-14-10(7)9)5-6-12-11(15)16/h2-4,12H,5-6H2,1H3,(H,13,14)(H,15,16). The topological polar surface area (TPSA) is 87.2 Å².